The summed E-state index contributed by atoms with van der Waals surface area (Å²) in [5, 5.41) is 9.18. The van der Waals surface area contributed by atoms with Gasteiger partial charge in [0, 0.05) is 11.4 Å². The quantitative estimate of drug-likeness (QED) is 0.768. The number of aryl methyl sites for hydroxylation is 2. The zero-order valence-corrected chi connectivity index (χ0v) is 13.0. The molecule has 0 aliphatic rings. The summed E-state index contributed by atoms with van der Waals surface area (Å²) in [5.41, 5.74) is 11.5. The highest BCUT2D eigenvalue weighted by molar-refractivity contribution is 7.13. The maximum atomic E-state index is 6.07. The van der Waals surface area contributed by atoms with Crippen molar-refractivity contribution in [3.05, 3.63) is 40.8 Å². The Morgan fingerprint density at radius 2 is 2.00 bits per heavy atom. The van der Waals surface area contributed by atoms with Crippen LogP contribution < -0.4 is 10.5 Å². The van der Waals surface area contributed by atoms with Crippen LogP contribution in [0.5, 0.6) is 5.75 Å². The van der Waals surface area contributed by atoms with Gasteiger partial charge in [-0.05, 0) is 30.5 Å². The molecule has 2 aromatic heterocycles. The lowest BCUT2D eigenvalue weighted by Gasteiger charge is -2.06. The van der Waals surface area contributed by atoms with E-state index in [4.69, 9.17) is 10.5 Å². The van der Waals surface area contributed by atoms with Gasteiger partial charge in [0.2, 0.25) is 0 Å². The van der Waals surface area contributed by atoms with Crippen LogP contribution in [0.25, 0.3) is 21.7 Å². The summed E-state index contributed by atoms with van der Waals surface area (Å²) in [4.78, 5) is 1.06. The van der Waals surface area contributed by atoms with Crippen molar-refractivity contribution in [3.63, 3.8) is 0 Å². The second-order valence-corrected chi connectivity index (χ2v) is 5.92. The SMILES string of the molecule is COc1csc(-c2[nH]nc(N)c2-c2ccc(C)c(C)c2)c1. The highest BCUT2D eigenvalue weighted by Crippen LogP contribution is 2.39. The van der Waals surface area contributed by atoms with E-state index in [2.05, 4.69) is 42.2 Å². The van der Waals surface area contributed by atoms with Crippen LogP contribution in [0.2, 0.25) is 0 Å². The molecule has 0 saturated carbocycles. The second-order valence-electron chi connectivity index (χ2n) is 5.01. The van der Waals surface area contributed by atoms with Crippen molar-refractivity contribution in [3.8, 4) is 27.4 Å². The molecule has 0 atom stereocenters. The zero-order chi connectivity index (χ0) is 15.0. The number of nitrogen functional groups attached to an aromatic ring is 1. The van der Waals surface area contributed by atoms with Crippen LogP contribution in [0.3, 0.4) is 0 Å². The van der Waals surface area contributed by atoms with E-state index in [-0.39, 0.29) is 0 Å². The molecule has 0 bridgehead atoms. The van der Waals surface area contributed by atoms with E-state index < -0.39 is 0 Å². The molecule has 0 aliphatic carbocycles. The Bertz CT molecular complexity index is 789. The summed E-state index contributed by atoms with van der Waals surface area (Å²) < 4.78 is 5.25. The van der Waals surface area contributed by atoms with Crippen LogP contribution in [-0.2, 0) is 0 Å². The van der Waals surface area contributed by atoms with E-state index in [0.717, 1.165) is 27.4 Å². The average Bonchev–Trinajstić information content (AvgIpc) is 3.08. The first-order chi connectivity index (χ1) is 10.1. The van der Waals surface area contributed by atoms with Gasteiger partial charge >= 0.3 is 0 Å². The van der Waals surface area contributed by atoms with Crippen molar-refractivity contribution in [2.24, 2.45) is 0 Å². The summed E-state index contributed by atoms with van der Waals surface area (Å²) in [6.07, 6.45) is 0. The largest absolute Gasteiger partial charge is 0.496 e. The molecule has 1 aromatic carbocycles. The number of anilines is 1. The lowest BCUT2D eigenvalue weighted by atomic mass is 10.00. The monoisotopic (exact) mass is 299 g/mol. The number of methoxy groups -OCH3 is 1. The van der Waals surface area contributed by atoms with E-state index in [1.54, 1.807) is 18.4 Å². The Kier molecular flexibility index (Phi) is 3.43. The number of benzene rings is 1. The molecule has 2 heterocycles. The highest BCUT2D eigenvalue weighted by Gasteiger charge is 2.17. The molecule has 4 nitrogen and oxygen atoms in total. The van der Waals surface area contributed by atoms with Gasteiger partial charge in [0.1, 0.15) is 5.75 Å². The number of hydrogen-bond acceptors (Lipinski definition) is 4. The molecular formula is C16H17N3OS. The molecule has 0 aliphatic heterocycles. The molecule has 0 unspecified atom stereocenters. The van der Waals surface area contributed by atoms with Gasteiger partial charge in [0.05, 0.1) is 23.2 Å². The number of hydrogen-bond donors (Lipinski definition) is 2. The Morgan fingerprint density at radius 1 is 1.19 bits per heavy atom. The number of ether oxygens (including phenoxy) is 1. The Morgan fingerprint density at radius 3 is 2.67 bits per heavy atom. The molecule has 0 spiro atoms. The molecule has 0 fully saturated rings. The molecule has 108 valence electrons. The molecular weight excluding hydrogens is 282 g/mol. The van der Waals surface area contributed by atoms with Crippen molar-refractivity contribution in [1.82, 2.24) is 10.2 Å². The van der Waals surface area contributed by atoms with Gasteiger partial charge < -0.3 is 10.5 Å². The molecule has 5 heteroatoms. The van der Waals surface area contributed by atoms with E-state index in [9.17, 15) is 0 Å². The third kappa shape index (κ3) is 2.40. The number of thiophene rings is 1. The van der Waals surface area contributed by atoms with E-state index in [1.807, 2.05) is 11.4 Å². The van der Waals surface area contributed by atoms with E-state index in [1.165, 1.54) is 11.1 Å². The number of nitrogens with two attached hydrogens (primary N) is 1. The molecule has 3 rings (SSSR count). The fourth-order valence-electron chi connectivity index (χ4n) is 2.28. The molecule has 3 aromatic rings. The predicted octanol–water partition coefficient (Wildman–Crippen LogP) is 4.01. The van der Waals surface area contributed by atoms with Crippen molar-refractivity contribution < 1.29 is 4.74 Å². The van der Waals surface area contributed by atoms with Crippen LogP contribution in [0.15, 0.2) is 29.6 Å². The van der Waals surface area contributed by atoms with Gasteiger partial charge in [-0.15, -0.1) is 11.3 Å². The van der Waals surface area contributed by atoms with Crippen LogP contribution in [0.1, 0.15) is 11.1 Å². The average molecular weight is 299 g/mol. The van der Waals surface area contributed by atoms with Crippen LogP contribution in [0, 0.1) is 13.8 Å². The third-order valence-corrected chi connectivity index (χ3v) is 4.57. The van der Waals surface area contributed by atoms with Crippen molar-refractivity contribution >= 4 is 17.2 Å². The van der Waals surface area contributed by atoms with Crippen molar-refractivity contribution in [2.45, 2.75) is 13.8 Å². The first-order valence-electron chi connectivity index (χ1n) is 6.64. The lowest BCUT2D eigenvalue weighted by molar-refractivity contribution is 0.417. The van der Waals surface area contributed by atoms with Crippen molar-refractivity contribution in [1.29, 1.82) is 0 Å². The summed E-state index contributed by atoms with van der Waals surface area (Å²) in [5.74, 6) is 1.36. The normalized spacial score (nSPS) is 10.8. The third-order valence-electron chi connectivity index (χ3n) is 3.65. The fourth-order valence-corrected chi connectivity index (χ4v) is 3.14. The topological polar surface area (TPSA) is 63.9 Å². The summed E-state index contributed by atoms with van der Waals surface area (Å²) >= 11 is 1.60. The van der Waals surface area contributed by atoms with E-state index in [0.29, 0.717) is 5.82 Å². The van der Waals surface area contributed by atoms with Crippen LogP contribution in [-0.4, -0.2) is 17.3 Å². The Balaban J connectivity index is 2.14. The van der Waals surface area contributed by atoms with Gasteiger partial charge in [0.15, 0.2) is 5.82 Å². The number of nitrogens with zero attached hydrogens (tertiary/aromatic N) is 1. The number of H-pyrrole nitrogens is 1. The minimum absolute atomic E-state index is 0.514. The molecule has 0 saturated heterocycles. The number of nitrogens with one attached hydrogen (secondary N) is 1. The first-order valence-corrected chi connectivity index (χ1v) is 7.52. The standard InChI is InChI=1S/C16H17N3OS/c1-9-4-5-11(6-10(9)2)14-15(18-19-16(14)17)13-7-12(20-3)8-21-13/h4-8H,1-3H3,(H3,17,18,19). The van der Waals surface area contributed by atoms with Gasteiger partial charge in [-0.1, -0.05) is 18.2 Å². The second kappa shape index (κ2) is 5.26. The number of aromatic nitrogens is 2. The summed E-state index contributed by atoms with van der Waals surface area (Å²) in [7, 11) is 1.66. The van der Waals surface area contributed by atoms with E-state index >= 15 is 0 Å². The van der Waals surface area contributed by atoms with Gasteiger partial charge in [0.25, 0.3) is 0 Å². The summed E-state index contributed by atoms with van der Waals surface area (Å²) in [6.45, 7) is 4.20. The highest BCUT2D eigenvalue weighted by atomic mass is 32.1. The summed E-state index contributed by atoms with van der Waals surface area (Å²) in [6, 6.07) is 8.32. The molecule has 0 radical (unpaired) electrons. The molecule has 3 N–H and O–H groups in total. The van der Waals surface area contributed by atoms with Crippen LogP contribution >= 0.6 is 11.3 Å². The fraction of sp³-hybridized carbons (Fsp3) is 0.188. The zero-order valence-electron chi connectivity index (χ0n) is 12.2. The molecule has 0 amide bonds. The molecule has 21 heavy (non-hydrogen) atoms. The smallest absolute Gasteiger partial charge is 0.153 e. The van der Waals surface area contributed by atoms with Gasteiger partial charge in [-0.2, -0.15) is 5.10 Å². The Hall–Kier alpha value is -2.27. The maximum Gasteiger partial charge on any atom is 0.153 e. The Labute approximate surface area is 127 Å². The van der Waals surface area contributed by atoms with Gasteiger partial charge in [-0.3, -0.25) is 5.10 Å². The van der Waals surface area contributed by atoms with Crippen LogP contribution in [0.4, 0.5) is 5.82 Å². The first kappa shape index (κ1) is 13.7. The lowest BCUT2D eigenvalue weighted by Crippen LogP contribution is -1.90. The minimum atomic E-state index is 0.514. The van der Waals surface area contributed by atoms with Crippen molar-refractivity contribution in [2.75, 3.05) is 12.8 Å². The van der Waals surface area contributed by atoms with Gasteiger partial charge in [-0.25, -0.2) is 0 Å². The number of rotatable bonds is 3. The minimum Gasteiger partial charge on any atom is -0.496 e. The number of aromatic amines is 1. The predicted molar refractivity (Wildman–Crippen MR) is 87.8 cm³/mol. The maximum absolute atomic E-state index is 6.07.